The molecule has 5 nitrogen and oxygen atoms in total. The van der Waals surface area contributed by atoms with E-state index in [9.17, 15) is 36.2 Å². The second-order valence-corrected chi connectivity index (χ2v) is 5.99. The Hall–Kier alpha value is -2.95. The smallest absolute Gasteiger partial charge is 0.478 e. The van der Waals surface area contributed by atoms with Gasteiger partial charge < -0.3 is 19.8 Å². The normalized spacial score (nSPS) is 13.1. The lowest BCUT2D eigenvalue weighted by Gasteiger charge is -2.28. The first-order valence-corrected chi connectivity index (χ1v) is 8.03. The summed E-state index contributed by atoms with van der Waals surface area (Å²) in [5.41, 5.74) is -0.0136. The highest BCUT2D eigenvalue weighted by Crippen LogP contribution is 2.27. The number of halogens is 6. The van der Waals surface area contributed by atoms with Gasteiger partial charge in [-0.15, -0.1) is 13.2 Å². The van der Waals surface area contributed by atoms with Crippen molar-refractivity contribution in [2.24, 2.45) is 0 Å². The number of carboxylic acid groups (broad SMARTS) is 1. The van der Waals surface area contributed by atoms with Crippen LogP contribution in [0.2, 0.25) is 0 Å². The molecule has 0 aliphatic heterocycles. The summed E-state index contributed by atoms with van der Waals surface area (Å²) in [6.45, 7) is -1.30. The van der Waals surface area contributed by atoms with Crippen LogP contribution in [0.25, 0.3) is 0 Å². The fourth-order valence-electron chi connectivity index (χ4n) is 2.47. The zero-order valence-electron chi connectivity index (χ0n) is 14.5. The maximum absolute atomic E-state index is 12.8. The van der Waals surface area contributed by atoms with Crippen molar-refractivity contribution in [2.45, 2.75) is 25.2 Å². The molecule has 11 heteroatoms. The third-order valence-electron chi connectivity index (χ3n) is 3.73. The zero-order chi connectivity index (χ0) is 21.8. The first kappa shape index (κ1) is 22.3. The van der Waals surface area contributed by atoms with E-state index in [1.807, 2.05) is 0 Å². The summed E-state index contributed by atoms with van der Waals surface area (Å²) in [6.07, 6.45) is -12.6. The molecule has 0 spiro atoms. The lowest BCUT2D eigenvalue weighted by Crippen LogP contribution is -2.41. The number of aliphatic hydroxyl groups is 1. The molecule has 0 bridgehead atoms. The van der Waals surface area contributed by atoms with E-state index in [0.29, 0.717) is 0 Å². The Labute approximate surface area is 160 Å². The molecule has 29 heavy (non-hydrogen) atoms. The summed E-state index contributed by atoms with van der Waals surface area (Å²) < 4.78 is 79.3. The van der Waals surface area contributed by atoms with E-state index in [-0.39, 0.29) is 23.4 Å². The van der Waals surface area contributed by atoms with Crippen LogP contribution >= 0.6 is 0 Å². The molecule has 2 rings (SSSR count). The fraction of sp³-hybridized carbons (Fsp3) is 0.278. The Bertz CT molecular complexity index is 853. The molecule has 1 atom stereocenters. The van der Waals surface area contributed by atoms with Crippen molar-refractivity contribution in [3.05, 3.63) is 59.7 Å². The average Bonchev–Trinajstić information content (AvgIpc) is 2.59. The number of nitrogens with zero attached hydrogens (tertiary/aromatic N) is 1. The predicted molar refractivity (Wildman–Crippen MR) is 89.6 cm³/mol. The number of benzene rings is 2. The van der Waals surface area contributed by atoms with Crippen LogP contribution in [0.1, 0.15) is 15.9 Å². The molecular formula is C18H15F6NO4. The van der Waals surface area contributed by atoms with Gasteiger partial charge in [0, 0.05) is 12.2 Å². The molecule has 0 fully saturated rings. The molecule has 0 aliphatic carbocycles. The molecule has 0 aromatic heterocycles. The molecule has 2 aromatic carbocycles. The maximum atomic E-state index is 12.8. The van der Waals surface area contributed by atoms with Crippen LogP contribution in [-0.4, -0.2) is 41.4 Å². The number of rotatable bonds is 7. The maximum Gasteiger partial charge on any atom is 0.573 e. The summed E-state index contributed by atoms with van der Waals surface area (Å²) in [6, 6.07) is 9.54. The van der Waals surface area contributed by atoms with Crippen LogP contribution in [-0.2, 0) is 6.54 Å². The van der Waals surface area contributed by atoms with Crippen LogP contribution in [0.3, 0.4) is 0 Å². The van der Waals surface area contributed by atoms with Crippen molar-refractivity contribution in [1.29, 1.82) is 0 Å². The molecule has 0 radical (unpaired) electrons. The van der Waals surface area contributed by atoms with E-state index < -0.39 is 36.9 Å². The van der Waals surface area contributed by atoms with Gasteiger partial charge in [-0.1, -0.05) is 18.2 Å². The second kappa shape index (κ2) is 8.60. The highest BCUT2D eigenvalue weighted by molar-refractivity contribution is 5.88. The van der Waals surface area contributed by atoms with Crippen molar-refractivity contribution in [2.75, 3.05) is 11.4 Å². The van der Waals surface area contributed by atoms with Gasteiger partial charge >= 0.3 is 18.5 Å². The van der Waals surface area contributed by atoms with E-state index in [2.05, 4.69) is 4.74 Å². The van der Waals surface area contributed by atoms with Gasteiger partial charge in [0.05, 0.1) is 12.1 Å². The molecule has 0 saturated carbocycles. The number of aliphatic hydroxyl groups excluding tert-OH is 1. The van der Waals surface area contributed by atoms with Gasteiger partial charge in [-0.05, 0) is 35.9 Å². The minimum absolute atomic E-state index is 0.0374. The van der Waals surface area contributed by atoms with E-state index in [4.69, 9.17) is 5.11 Å². The lowest BCUT2D eigenvalue weighted by atomic mass is 10.1. The largest absolute Gasteiger partial charge is 0.573 e. The Balaban J connectivity index is 2.34. The highest BCUT2D eigenvalue weighted by Gasteiger charge is 2.39. The van der Waals surface area contributed by atoms with Gasteiger partial charge in [0.15, 0.2) is 6.10 Å². The van der Waals surface area contributed by atoms with Gasteiger partial charge in [0.25, 0.3) is 0 Å². The van der Waals surface area contributed by atoms with Crippen molar-refractivity contribution < 1.29 is 46.1 Å². The van der Waals surface area contributed by atoms with E-state index in [1.165, 1.54) is 30.3 Å². The van der Waals surface area contributed by atoms with E-state index in [1.54, 1.807) is 0 Å². The molecule has 0 heterocycles. The summed E-state index contributed by atoms with van der Waals surface area (Å²) in [5.74, 6) is -1.88. The number of anilines is 1. The highest BCUT2D eigenvalue weighted by atomic mass is 19.4. The molecule has 2 N–H and O–H groups in total. The molecule has 158 valence electrons. The minimum Gasteiger partial charge on any atom is -0.478 e. The third-order valence-corrected chi connectivity index (χ3v) is 3.73. The predicted octanol–water partition coefficient (Wildman–Crippen LogP) is 4.21. The number of hydrogen-bond donors (Lipinski definition) is 2. The van der Waals surface area contributed by atoms with Crippen LogP contribution < -0.4 is 9.64 Å². The fourth-order valence-corrected chi connectivity index (χ4v) is 2.47. The molecule has 1 unspecified atom stereocenters. The third kappa shape index (κ3) is 6.86. The van der Waals surface area contributed by atoms with Crippen LogP contribution in [0.4, 0.5) is 32.0 Å². The van der Waals surface area contributed by atoms with Crippen molar-refractivity contribution in [1.82, 2.24) is 0 Å². The number of carbonyl (C=O) groups is 1. The number of ether oxygens (including phenoxy) is 1. The number of aromatic carboxylic acids is 1. The zero-order valence-corrected chi connectivity index (χ0v) is 14.5. The topological polar surface area (TPSA) is 70.0 Å². The van der Waals surface area contributed by atoms with Crippen molar-refractivity contribution >= 4 is 11.7 Å². The number of alkyl halides is 6. The van der Waals surface area contributed by atoms with Gasteiger partial charge in [-0.3, -0.25) is 0 Å². The number of carboxylic acids is 1. The average molecular weight is 423 g/mol. The monoisotopic (exact) mass is 423 g/mol. The van der Waals surface area contributed by atoms with Gasteiger partial charge in [-0.25, -0.2) is 4.79 Å². The molecule has 0 amide bonds. The second-order valence-electron chi connectivity index (χ2n) is 5.99. The minimum atomic E-state index is -4.94. The Morgan fingerprint density at radius 2 is 1.69 bits per heavy atom. The first-order chi connectivity index (χ1) is 13.3. The lowest BCUT2D eigenvalue weighted by molar-refractivity contribution is -0.274. The Morgan fingerprint density at radius 1 is 1.03 bits per heavy atom. The van der Waals surface area contributed by atoms with Crippen molar-refractivity contribution in [3.63, 3.8) is 0 Å². The van der Waals surface area contributed by atoms with Gasteiger partial charge in [0.2, 0.25) is 0 Å². The van der Waals surface area contributed by atoms with Crippen LogP contribution in [0, 0.1) is 0 Å². The quantitative estimate of drug-likeness (QED) is 0.653. The van der Waals surface area contributed by atoms with Gasteiger partial charge in [-0.2, -0.15) is 13.2 Å². The molecule has 0 saturated heterocycles. The van der Waals surface area contributed by atoms with Gasteiger partial charge in [0.1, 0.15) is 5.75 Å². The first-order valence-electron chi connectivity index (χ1n) is 8.03. The Kier molecular flexibility index (Phi) is 6.62. The Morgan fingerprint density at radius 3 is 2.28 bits per heavy atom. The summed E-state index contributed by atoms with van der Waals surface area (Å²) in [5, 5.41) is 18.5. The molecule has 0 aliphatic rings. The SMILES string of the molecule is O=C(O)c1cccc(N(Cc2cccc(OC(F)(F)F)c2)CC(O)C(F)(F)F)c1. The van der Waals surface area contributed by atoms with E-state index >= 15 is 0 Å². The van der Waals surface area contributed by atoms with Crippen LogP contribution in [0.15, 0.2) is 48.5 Å². The number of hydrogen-bond acceptors (Lipinski definition) is 4. The van der Waals surface area contributed by atoms with Crippen LogP contribution in [0.5, 0.6) is 5.75 Å². The standard InChI is InChI=1S/C18H15F6NO4/c19-17(20,21)15(26)10-25(13-5-2-4-12(8-13)16(27)28)9-11-3-1-6-14(7-11)29-18(22,23)24/h1-8,15,26H,9-10H2,(H,27,28). The molecule has 2 aromatic rings. The summed E-state index contributed by atoms with van der Waals surface area (Å²) in [7, 11) is 0. The van der Waals surface area contributed by atoms with E-state index in [0.717, 1.165) is 23.1 Å². The molecular weight excluding hydrogens is 408 g/mol. The summed E-state index contributed by atoms with van der Waals surface area (Å²) in [4.78, 5) is 12.1. The summed E-state index contributed by atoms with van der Waals surface area (Å²) >= 11 is 0. The van der Waals surface area contributed by atoms with Crippen molar-refractivity contribution in [3.8, 4) is 5.75 Å².